The first-order chi connectivity index (χ1) is 15.1. The standard InChI is InChI=1S/C26H28N2O3/c1-2-31-22-12-10-19(11-13-22)18-25(29)27-21-14-16-28(17-15-21)26(30)24-9-5-7-20-6-3-4-8-23(20)24/h3-13,21H,2,14-18H2,1H3,(H,27,29). The molecule has 1 heterocycles. The van der Waals surface area contributed by atoms with E-state index in [1.54, 1.807) is 0 Å². The number of rotatable bonds is 6. The molecule has 1 aliphatic rings. The Morgan fingerprint density at radius 1 is 0.968 bits per heavy atom. The second kappa shape index (κ2) is 9.65. The number of nitrogens with zero attached hydrogens (tertiary/aromatic N) is 1. The molecule has 3 aromatic carbocycles. The van der Waals surface area contributed by atoms with E-state index in [1.807, 2.05) is 78.6 Å². The summed E-state index contributed by atoms with van der Waals surface area (Å²) in [7, 11) is 0. The summed E-state index contributed by atoms with van der Waals surface area (Å²) in [6, 6.07) is 21.6. The highest BCUT2D eigenvalue weighted by Gasteiger charge is 2.25. The van der Waals surface area contributed by atoms with Crippen molar-refractivity contribution in [3.63, 3.8) is 0 Å². The molecule has 0 spiro atoms. The van der Waals surface area contributed by atoms with Gasteiger partial charge in [-0.2, -0.15) is 0 Å². The van der Waals surface area contributed by atoms with Crippen molar-refractivity contribution < 1.29 is 14.3 Å². The van der Waals surface area contributed by atoms with Crippen LogP contribution >= 0.6 is 0 Å². The zero-order valence-corrected chi connectivity index (χ0v) is 17.8. The summed E-state index contributed by atoms with van der Waals surface area (Å²) in [5, 5.41) is 5.19. The summed E-state index contributed by atoms with van der Waals surface area (Å²) >= 11 is 0. The van der Waals surface area contributed by atoms with Crippen molar-refractivity contribution >= 4 is 22.6 Å². The predicted octanol–water partition coefficient (Wildman–Crippen LogP) is 4.20. The van der Waals surface area contributed by atoms with Gasteiger partial charge >= 0.3 is 0 Å². The summed E-state index contributed by atoms with van der Waals surface area (Å²) in [4.78, 5) is 27.4. The summed E-state index contributed by atoms with van der Waals surface area (Å²) in [6.07, 6.45) is 1.89. The first-order valence-corrected chi connectivity index (χ1v) is 10.9. The molecule has 1 N–H and O–H groups in total. The van der Waals surface area contributed by atoms with E-state index in [0.29, 0.717) is 26.1 Å². The molecule has 1 fully saturated rings. The van der Waals surface area contributed by atoms with Crippen LogP contribution in [-0.2, 0) is 11.2 Å². The number of hydrogen-bond donors (Lipinski definition) is 1. The third-order valence-electron chi connectivity index (χ3n) is 5.77. The van der Waals surface area contributed by atoms with E-state index < -0.39 is 0 Å². The van der Waals surface area contributed by atoms with E-state index >= 15 is 0 Å². The normalized spacial score (nSPS) is 14.4. The van der Waals surface area contributed by atoms with E-state index in [4.69, 9.17) is 4.74 Å². The summed E-state index contributed by atoms with van der Waals surface area (Å²) in [5.74, 6) is 0.897. The van der Waals surface area contributed by atoms with Gasteiger partial charge in [-0.15, -0.1) is 0 Å². The molecule has 4 rings (SSSR count). The molecule has 0 saturated carbocycles. The number of carbonyl (C=O) groups is 2. The van der Waals surface area contributed by atoms with Gasteiger partial charge in [0, 0.05) is 24.7 Å². The first-order valence-electron chi connectivity index (χ1n) is 10.9. The molecule has 0 unspecified atom stereocenters. The molecule has 1 saturated heterocycles. The van der Waals surface area contributed by atoms with E-state index in [-0.39, 0.29) is 17.9 Å². The monoisotopic (exact) mass is 416 g/mol. The van der Waals surface area contributed by atoms with Crippen molar-refractivity contribution in [3.05, 3.63) is 77.9 Å². The number of amides is 2. The van der Waals surface area contributed by atoms with E-state index in [2.05, 4.69) is 5.32 Å². The Kier molecular flexibility index (Phi) is 6.51. The van der Waals surface area contributed by atoms with Crippen molar-refractivity contribution in [2.75, 3.05) is 19.7 Å². The van der Waals surface area contributed by atoms with Crippen molar-refractivity contribution in [1.82, 2.24) is 10.2 Å². The number of likely N-dealkylation sites (tertiary alicyclic amines) is 1. The van der Waals surface area contributed by atoms with Gasteiger partial charge in [0.1, 0.15) is 5.75 Å². The summed E-state index contributed by atoms with van der Waals surface area (Å²) < 4.78 is 5.44. The SMILES string of the molecule is CCOc1ccc(CC(=O)NC2CCN(C(=O)c3cccc4ccccc34)CC2)cc1. The smallest absolute Gasteiger partial charge is 0.254 e. The maximum atomic E-state index is 13.1. The van der Waals surface area contributed by atoms with Gasteiger partial charge in [0.2, 0.25) is 5.91 Å². The maximum Gasteiger partial charge on any atom is 0.254 e. The molecule has 31 heavy (non-hydrogen) atoms. The van der Waals surface area contributed by atoms with Gasteiger partial charge in [-0.05, 0) is 54.3 Å². The van der Waals surface area contributed by atoms with Crippen LogP contribution in [0, 0.1) is 0 Å². The van der Waals surface area contributed by atoms with Crippen LogP contribution in [0.25, 0.3) is 10.8 Å². The zero-order chi connectivity index (χ0) is 21.6. The summed E-state index contributed by atoms with van der Waals surface area (Å²) in [6.45, 7) is 3.87. The van der Waals surface area contributed by atoms with Crippen molar-refractivity contribution in [3.8, 4) is 5.75 Å². The van der Waals surface area contributed by atoms with Gasteiger partial charge in [0.25, 0.3) is 5.91 Å². The average Bonchev–Trinajstić information content (AvgIpc) is 2.80. The number of fused-ring (bicyclic) bond motifs is 1. The maximum absolute atomic E-state index is 13.1. The second-order valence-electron chi connectivity index (χ2n) is 7.91. The molecule has 160 valence electrons. The fraction of sp³-hybridized carbons (Fsp3) is 0.308. The molecule has 0 atom stereocenters. The Balaban J connectivity index is 1.30. The number of ether oxygens (including phenoxy) is 1. The van der Waals surface area contributed by atoms with Crippen LogP contribution in [0.15, 0.2) is 66.7 Å². The lowest BCUT2D eigenvalue weighted by Crippen LogP contribution is -2.46. The topological polar surface area (TPSA) is 58.6 Å². The van der Waals surface area contributed by atoms with Gasteiger partial charge < -0.3 is 15.0 Å². The minimum Gasteiger partial charge on any atom is -0.494 e. The van der Waals surface area contributed by atoms with E-state index in [1.165, 1.54) is 0 Å². The lowest BCUT2D eigenvalue weighted by Gasteiger charge is -2.32. The highest BCUT2D eigenvalue weighted by molar-refractivity contribution is 6.07. The molecular formula is C26H28N2O3. The van der Waals surface area contributed by atoms with Gasteiger partial charge in [-0.3, -0.25) is 9.59 Å². The molecule has 0 radical (unpaired) electrons. The molecule has 2 amide bonds. The minimum atomic E-state index is 0.0167. The Bertz CT molecular complexity index is 1050. The van der Waals surface area contributed by atoms with Crippen molar-refractivity contribution in [2.45, 2.75) is 32.2 Å². The molecule has 5 heteroatoms. The fourth-order valence-corrected chi connectivity index (χ4v) is 4.14. The third kappa shape index (κ3) is 5.05. The fourth-order valence-electron chi connectivity index (χ4n) is 4.14. The number of carbonyl (C=O) groups excluding carboxylic acids is 2. The predicted molar refractivity (Wildman–Crippen MR) is 122 cm³/mol. The van der Waals surface area contributed by atoms with Gasteiger partial charge in [-0.25, -0.2) is 0 Å². The van der Waals surface area contributed by atoms with Crippen LogP contribution < -0.4 is 10.1 Å². The lowest BCUT2D eigenvalue weighted by molar-refractivity contribution is -0.121. The number of piperidine rings is 1. The Labute approximate surface area is 183 Å². The van der Waals surface area contributed by atoms with Crippen LogP contribution in [0.1, 0.15) is 35.7 Å². The number of hydrogen-bond acceptors (Lipinski definition) is 3. The van der Waals surface area contributed by atoms with Gasteiger partial charge in [0.05, 0.1) is 13.0 Å². The molecule has 0 bridgehead atoms. The lowest BCUT2D eigenvalue weighted by atomic mass is 10.0. The van der Waals surface area contributed by atoms with Crippen molar-refractivity contribution in [1.29, 1.82) is 0 Å². The minimum absolute atomic E-state index is 0.0167. The molecule has 5 nitrogen and oxygen atoms in total. The molecular weight excluding hydrogens is 388 g/mol. The highest BCUT2D eigenvalue weighted by Crippen LogP contribution is 2.22. The van der Waals surface area contributed by atoms with Gasteiger partial charge in [0.15, 0.2) is 0 Å². The van der Waals surface area contributed by atoms with Crippen LogP contribution in [0.5, 0.6) is 5.75 Å². The van der Waals surface area contributed by atoms with Crippen LogP contribution in [0.2, 0.25) is 0 Å². The summed E-state index contributed by atoms with van der Waals surface area (Å²) in [5.41, 5.74) is 1.71. The second-order valence-corrected chi connectivity index (χ2v) is 7.91. The molecule has 0 aromatic heterocycles. The molecule has 3 aromatic rings. The number of nitrogens with one attached hydrogen (secondary N) is 1. The van der Waals surface area contributed by atoms with E-state index in [0.717, 1.165) is 40.5 Å². The van der Waals surface area contributed by atoms with Gasteiger partial charge in [-0.1, -0.05) is 48.5 Å². The highest BCUT2D eigenvalue weighted by atomic mass is 16.5. The largest absolute Gasteiger partial charge is 0.494 e. The molecule has 1 aliphatic heterocycles. The molecule has 0 aliphatic carbocycles. The first kappa shape index (κ1) is 20.9. The Hall–Kier alpha value is -3.34. The average molecular weight is 417 g/mol. The Morgan fingerprint density at radius 2 is 1.68 bits per heavy atom. The van der Waals surface area contributed by atoms with Crippen LogP contribution in [0.3, 0.4) is 0 Å². The zero-order valence-electron chi connectivity index (χ0n) is 17.8. The van der Waals surface area contributed by atoms with Crippen LogP contribution in [-0.4, -0.2) is 42.5 Å². The quantitative estimate of drug-likeness (QED) is 0.655. The Morgan fingerprint density at radius 3 is 2.42 bits per heavy atom. The van der Waals surface area contributed by atoms with E-state index in [9.17, 15) is 9.59 Å². The number of benzene rings is 3. The van der Waals surface area contributed by atoms with Crippen LogP contribution in [0.4, 0.5) is 0 Å². The van der Waals surface area contributed by atoms with Crippen molar-refractivity contribution in [2.24, 2.45) is 0 Å². The third-order valence-corrected chi connectivity index (χ3v) is 5.77.